The van der Waals surface area contributed by atoms with Gasteiger partial charge in [0.05, 0.1) is 11.7 Å². The summed E-state index contributed by atoms with van der Waals surface area (Å²) >= 11 is 0. The van der Waals surface area contributed by atoms with E-state index in [9.17, 15) is 0 Å². The van der Waals surface area contributed by atoms with Gasteiger partial charge < -0.3 is 5.32 Å². The molecule has 4 rings (SSSR count). The fourth-order valence-corrected chi connectivity index (χ4v) is 2.95. The van der Waals surface area contributed by atoms with Crippen molar-refractivity contribution in [2.24, 2.45) is 5.92 Å². The van der Waals surface area contributed by atoms with Crippen molar-refractivity contribution in [3.8, 4) is 0 Å². The van der Waals surface area contributed by atoms with Crippen molar-refractivity contribution < 1.29 is 0 Å². The Kier molecular flexibility index (Phi) is 1.62. The highest BCUT2D eigenvalue weighted by atomic mass is 15.2. The lowest BCUT2D eigenvalue weighted by molar-refractivity contribution is 0.0274. The van der Waals surface area contributed by atoms with Gasteiger partial charge in [0.25, 0.3) is 0 Å². The summed E-state index contributed by atoms with van der Waals surface area (Å²) in [5, 5.41) is 11.6. The molecule has 2 bridgehead atoms. The van der Waals surface area contributed by atoms with Crippen molar-refractivity contribution in [2.75, 3.05) is 0 Å². The van der Waals surface area contributed by atoms with Crippen LogP contribution >= 0.6 is 0 Å². The van der Waals surface area contributed by atoms with Gasteiger partial charge in [0, 0.05) is 12.2 Å². The molecule has 0 amide bonds. The van der Waals surface area contributed by atoms with E-state index in [-0.39, 0.29) is 5.54 Å². The molecule has 1 N–H and O–H groups in total. The van der Waals surface area contributed by atoms with E-state index in [2.05, 4.69) is 27.4 Å². The van der Waals surface area contributed by atoms with Crippen molar-refractivity contribution in [1.82, 2.24) is 20.5 Å². The van der Waals surface area contributed by atoms with E-state index < -0.39 is 0 Å². The monoisotopic (exact) mass is 190 g/mol. The van der Waals surface area contributed by atoms with E-state index in [1.54, 1.807) is 12.4 Å². The zero-order valence-corrected chi connectivity index (χ0v) is 8.27. The molecule has 0 spiro atoms. The van der Waals surface area contributed by atoms with Crippen molar-refractivity contribution in [3.05, 3.63) is 18.2 Å². The zero-order chi connectivity index (χ0) is 9.60. The topological polar surface area (TPSA) is 50.7 Å². The van der Waals surface area contributed by atoms with Crippen LogP contribution in [0, 0.1) is 5.92 Å². The minimum absolute atomic E-state index is 0.0522. The Morgan fingerprint density at radius 2 is 2.29 bits per heavy atom. The third-order valence-corrected chi connectivity index (χ3v) is 3.37. The minimum atomic E-state index is 0.0522. The Morgan fingerprint density at radius 3 is 2.93 bits per heavy atom. The van der Waals surface area contributed by atoms with Crippen LogP contribution in [0.15, 0.2) is 12.4 Å². The molecule has 3 aliphatic rings. The highest BCUT2D eigenvalue weighted by Gasteiger charge is 2.52. The van der Waals surface area contributed by atoms with Crippen LogP contribution in [-0.2, 0) is 5.54 Å². The molecule has 3 heterocycles. The van der Waals surface area contributed by atoms with Gasteiger partial charge in [0.15, 0.2) is 5.82 Å². The van der Waals surface area contributed by atoms with Crippen LogP contribution in [0.5, 0.6) is 0 Å². The van der Waals surface area contributed by atoms with Gasteiger partial charge in [-0.25, -0.2) is 4.98 Å². The maximum absolute atomic E-state index is 4.31. The van der Waals surface area contributed by atoms with Gasteiger partial charge in [-0.05, 0) is 25.2 Å². The Bertz CT molecular complexity index is 331. The molecule has 0 aromatic carbocycles. The smallest absolute Gasteiger partial charge is 0.171 e. The van der Waals surface area contributed by atoms with Gasteiger partial charge in [-0.2, -0.15) is 5.10 Å². The number of piperidine rings is 1. The summed E-state index contributed by atoms with van der Waals surface area (Å²) in [6.07, 6.45) is 6.98. The summed E-state index contributed by atoms with van der Waals surface area (Å²) in [6, 6.07) is 0.683. The molecular weight excluding hydrogens is 176 g/mol. The number of hydrogen-bond donors (Lipinski definition) is 1. The second-order valence-corrected chi connectivity index (χ2v) is 4.64. The van der Waals surface area contributed by atoms with Crippen LogP contribution in [0.3, 0.4) is 0 Å². The van der Waals surface area contributed by atoms with Gasteiger partial charge in [0.1, 0.15) is 0 Å². The third-order valence-electron chi connectivity index (χ3n) is 3.37. The predicted molar refractivity (Wildman–Crippen MR) is 51.4 cm³/mol. The molecule has 74 valence electrons. The Hall–Kier alpha value is -1.03. The van der Waals surface area contributed by atoms with Crippen LogP contribution < -0.4 is 5.32 Å². The van der Waals surface area contributed by atoms with Gasteiger partial charge in [0.2, 0.25) is 0 Å². The number of hydrogen-bond acceptors (Lipinski definition) is 4. The number of nitrogens with zero attached hydrogens (tertiary/aromatic N) is 3. The summed E-state index contributed by atoms with van der Waals surface area (Å²) in [7, 11) is 0. The van der Waals surface area contributed by atoms with E-state index >= 15 is 0 Å². The van der Waals surface area contributed by atoms with Gasteiger partial charge in [-0.3, -0.25) is 0 Å². The van der Waals surface area contributed by atoms with Crippen LogP contribution in [0.1, 0.15) is 32.0 Å². The highest BCUT2D eigenvalue weighted by Crippen LogP contribution is 2.46. The summed E-state index contributed by atoms with van der Waals surface area (Å²) in [5.41, 5.74) is 0.0522. The molecule has 1 saturated carbocycles. The van der Waals surface area contributed by atoms with E-state index in [4.69, 9.17) is 0 Å². The van der Waals surface area contributed by atoms with Crippen LogP contribution in [0.25, 0.3) is 0 Å². The Balaban J connectivity index is 1.92. The summed E-state index contributed by atoms with van der Waals surface area (Å²) in [5.74, 6) is 1.65. The van der Waals surface area contributed by atoms with Crippen molar-refractivity contribution in [1.29, 1.82) is 0 Å². The standard InChI is InChI=1S/C10H14N4/c1-7-4-8-6-10(5-7,13-8)9-11-2-3-12-14-9/h2-3,7-8,13H,4-6H2,1H3. The first kappa shape index (κ1) is 8.29. The first-order chi connectivity index (χ1) is 6.78. The van der Waals surface area contributed by atoms with Crippen molar-refractivity contribution in [3.63, 3.8) is 0 Å². The molecule has 3 unspecified atom stereocenters. The molecule has 3 fully saturated rings. The normalized spacial score (nSPS) is 40.4. The third kappa shape index (κ3) is 1.07. The number of aromatic nitrogens is 3. The Labute approximate surface area is 83.2 Å². The summed E-state index contributed by atoms with van der Waals surface area (Å²) in [6.45, 7) is 2.30. The van der Waals surface area contributed by atoms with E-state index in [1.165, 1.54) is 12.8 Å². The van der Waals surface area contributed by atoms with E-state index in [0.717, 1.165) is 18.2 Å². The zero-order valence-electron chi connectivity index (χ0n) is 8.27. The number of rotatable bonds is 1. The second kappa shape index (κ2) is 2.73. The second-order valence-electron chi connectivity index (χ2n) is 4.64. The molecule has 0 radical (unpaired) electrons. The quantitative estimate of drug-likeness (QED) is 0.713. The molecule has 4 heteroatoms. The maximum atomic E-state index is 4.31. The lowest BCUT2D eigenvalue weighted by Gasteiger charge is -2.54. The van der Waals surface area contributed by atoms with E-state index in [1.807, 2.05) is 0 Å². The number of nitrogens with one attached hydrogen (secondary N) is 1. The molecule has 2 saturated heterocycles. The average Bonchev–Trinajstić information content (AvgIpc) is 2.17. The van der Waals surface area contributed by atoms with Gasteiger partial charge >= 0.3 is 0 Å². The lowest BCUT2D eigenvalue weighted by atomic mass is 9.66. The van der Waals surface area contributed by atoms with Gasteiger partial charge in [-0.15, -0.1) is 5.10 Å². The molecule has 2 aliphatic heterocycles. The van der Waals surface area contributed by atoms with E-state index in [0.29, 0.717) is 6.04 Å². The molecule has 1 aliphatic carbocycles. The fraction of sp³-hybridized carbons (Fsp3) is 0.700. The molecule has 14 heavy (non-hydrogen) atoms. The molecule has 1 aromatic heterocycles. The molecule has 1 aromatic rings. The maximum Gasteiger partial charge on any atom is 0.171 e. The summed E-state index contributed by atoms with van der Waals surface area (Å²) in [4.78, 5) is 4.31. The first-order valence-electron chi connectivity index (χ1n) is 5.20. The van der Waals surface area contributed by atoms with Crippen LogP contribution in [-0.4, -0.2) is 21.2 Å². The van der Waals surface area contributed by atoms with Crippen LogP contribution in [0.2, 0.25) is 0 Å². The average molecular weight is 190 g/mol. The Morgan fingerprint density at radius 1 is 1.43 bits per heavy atom. The lowest BCUT2D eigenvalue weighted by Crippen LogP contribution is -2.66. The fourth-order valence-electron chi connectivity index (χ4n) is 2.95. The first-order valence-corrected chi connectivity index (χ1v) is 5.20. The number of fused-ring (bicyclic) bond motifs is 2. The largest absolute Gasteiger partial charge is 0.302 e. The molecule has 4 nitrogen and oxygen atoms in total. The molecule has 3 atom stereocenters. The van der Waals surface area contributed by atoms with Crippen molar-refractivity contribution in [2.45, 2.75) is 37.8 Å². The van der Waals surface area contributed by atoms with Crippen molar-refractivity contribution >= 4 is 0 Å². The summed E-state index contributed by atoms with van der Waals surface area (Å²) < 4.78 is 0. The SMILES string of the molecule is CC1CC2CC(c3nccnn3)(C1)N2. The predicted octanol–water partition coefficient (Wildman–Crippen LogP) is 0.859. The minimum Gasteiger partial charge on any atom is -0.302 e. The highest BCUT2D eigenvalue weighted by molar-refractivity contribution is 5.17. The van der Waals surface area contributed by atoms with Crippen LogP contribution in [0.4, 0.5) is 0 Å². The molecular formula is C10H14N4. The van der Waals surface area contributed by atoms with Gasteiger partial charge in [-0.1, -0.05) is 6.92 Å².